The predicted octanol–water partition coefficient (Wildman–Crippen LogP) is 3.90. The SMILES string of the molecule is O=C(Cc1cccs1)OCC(=O)N(Cc1cccs1)c1ccc2c(c1)OCCO2. The first-order chi connectivity index (χ1) is 14.2. The highest BCUT2D eigenvalue weighted by Gasteiger charge is 2.21. The molecule has 2 aromatic heterocycles. The number of esters is 1. The van der Waals surface area contributed by atoms with Crippen LogP contribution in [0.15, 0.2) is 53.2 Å². The summed E-state index contributed by atoms with van der Waals surface area (Å²) < 4.78 is 16.4. The van der Waals surface area contributed by atoms with E-state index in [0.717, 1.165) is 9.75 Å². The Morgan fingerprint density at radius 2 is 1.69 bits per heavy atom. The monoisotopic (exact) mass is 429 g/mol. The van der Waals surface area contributed by atoms with Crippen molar-refractivity contribution in [3.63, 3.8) is 0 Å². The summed E-state index contributed by atoms with van der Waals surface area (Å²) in [6.45, 7) is 1.04. The lowest BCUT2D eigenvalue weighted by Crippen LogP contribution is -2.34. The van der Waals surface area contributed by atoms with Crippen LogP contribution in [0.3, 0.4) is 0 Å². The smallest absolute Gasteiger partial charge is 0.311 e. The highest BCUT2D eigenvalue weighted by Crippen LogP contribution is 2.34. The first-order valence-electron chi connectivity index (χ1n) is 9.09. The van der Waals surface area contributed by atoms with Gasteiger partial charge in [0.25, 0.3) is 5.91 Å². The maximum Gasteiger partial charge on any atom is 0.311 e. The molecule has 0 aliphatic carbocycles. The minimum Gasteiger partial charge on any atom is -0.486 e. The van der Waals surface area contributed by atoms with E-state index in [1.165, 1.54) is 11.3 Å². The summed E-state index contributed by atoms with van der Waals surface area (Å²) in [5.41, 5.74) is 0.668. The molecule has 4 rings (SSSR count). The molecule has 1 amide bonds. The summed E-state index contributed by atoms with van der Waals surface area (Å²) in [6, 6.07) is 13.0. The summed E-state index contributed by atoms with van der Waals surface area (Å²) in [4.78, 5) is 28.5. The molecule has 1 aromatic carbocycles. The van der Waals surface area contributed by atoms with Gasteiger partial charge in [-0.15, -0.1) is 22.7 Å². The average Bonchev–Trinajstić information content (AvgIpc) is 3.44. The number of benzene rings is 1. The third kappa shape index (κ3) is 4.96. The quantitative estimate of drug-likeness (QED) is 0.533. The zero-order valence-corrected chi connectivity index (χ0v) is 17.2. The number of fused-ring (bicyclic) bond motifs is 1. The fourth-order valence-corrected chi connectivity index (χ4v) is 4.29. The van der Waals surface area contributed by atoms with Gasteiger partial charge in [-0.3, -0.25) is 9.59 Å². The molecule has 150 valence electrons. The Bertz CT molecular complexity index is 969. The van der Waals surface area contributed by atoms with Gasteiger partial charge in [-0.25, -0.2) is 0 Å². The summed E-state index contributed by atoms with van der Waals surface area (Å²) in [5, 5.41) is 3.86. The fourth-order valence-electron chi connectivity index (χ4n) is 2.91. The third-order valence-corrected chi connectivity index (χ3v) is 6.03. The summed E-state index contributed by atoms with van der Waals surface area (Å²) in [6.07, 6.45) is 0.167. The maximum absolute atomic E-state index is 12.9. The van der Waals surface area contributed by atoms with Crippen molar-refractivity contribution in [2.45, 2.75) is 13.0 Å². The van der Waals surface area contributed by atoms with Crippen molar-refractivity contribution in [3.8, 4) is 11.5 Å². The van der Waals surface area contributed by atoms with E-state index in [1.54, 1.807) is 28.4 Å². The van der Waals surface area contributed by atoms with Gasteiger partial charge in [0, 0.05) is 21.5 Å². The molecule has 0 spiro atoms. The second kappa shape index (κ2) is 9.11. The van der Waals surface area contributed by atoms with Crippen LogP contribution in [-0.2, 0) is 27.3 Å². The number of carbonyl (C=O) groups is 2. The molecule has 8 heteroatoms. The summed E-state index contributed by atoms with van der Waals surface area (Å²) in [7, 11) is 0. The van der Waals surface area contributed by atoms with E-state index in [1.807, 2.05) is 41.1 Å². The molecule has 0 bridgehead atoms. The zero-order valence-electron chi connectivity index (χ0n) is 15.5. The number of amides is 1. The van der Waals surface area contributed by atoms with E-state index in [9.17, 15) is 9.59 Å². The van der Waals surface area contributed by atoms with Crippen molar-refractivity contribution < 1.29 is 23.8 Å². The summed E-state index contributed by atoms with van der Waals surface area (Å²) >= 11 is 3.05. The van der Waals surface area contributed by atoms with E-state index >= 15 is 0 Å². The van der Waals surface area contributed by atoms with Gasteiger partial charge in [-0.1, -0.05) is 12.1 Å². The first kappa shape index (κ1) is 19.5. The lowest BCUT2D eigenvalue weighted by molar-refractivity contribution is -0.147. The highest BCUT2D eigenvalue weighted by molar-refractivity contribution is 7.10. The standard InChI is InChI=1S/C21H19NO5S2/c23-20(14-27-21(24)12-16-3-1-9-28-16)22(13-17-4-2-10-29-17)15-5-6-18-19(11-15)26-8-7-25-18/h1-6,9-11H,7-8,12-14H2. The molecule has 0 N–H and O–H groups in total. The van der Waals surface area contributed by atoms with Crippen LogP contribution in [0.4, 0.5) is 5.69 Å². The van der Waals surface area contributed by atoms with Gasteiger partial charge in [-0.05, 0) is 35.0 Å². The van der Waals surface area contributed by atoms with Crippen LogP contribution in [0.25, 0.3) is 0 Å². The van der Waals surface area contributed by atoms with Crippen LogP contribution < -0.4 is 14.4 Å². The molecule has 0 radical (unpaired) electrons. The van der Waals surface area contributed by atoms with E-state index in [4.69, 9.17) is 14.2 Å². The Morgan fingerprint density at radius 1 is 0.966 bits per heavy atom. The zero-order chi connectivity index (χ0) is 20.1. The van der Waals surface area contributed by atoms with Gasteiger partial charge < -0.3 is 19.1 Å². The van der Waals surface area contributed by atoms with E-state index in [2.05, 4.69) is 0 Å². The Balaban J connectivity index is 1.47. The molecule has 1 aliphatic rings. The van der Waals surface area contributed by atoms with Gasteiger partial charge in [0.1, 0.15) is 13.2 Å². The number of rotatable bonds is 7. The van der Waals surface area contributed by atoms with Crippen LogP contribution >= 0.6 is 22.7 Å². The Hall–Kier alpha value is -2.84. The number of thiophene rings is 2. The van der Waals surface area contributed by atoms with E-state index in [0.29, 0.717) is 36.9 Å². The predicted molar refractivity (Wildman–Crippen MR) is 112 cm³/mol. The molecular formula is C21H19NO5S2. The number of anilines is 1. The van der Waals surface area contributed by atoms with Crippen LogP contribution in [0.2, 0.25) is 0 Å². The lowest BCUT2D eigenvalue weighted by Gasteiger charge is -2.25. The molecular weight excluding hydrogens is 410 g/mol. The molecule has 3 heterocycles. The van der Waals surface area contributed by atoms with Crippen molar-refractivity contribution in [3.05, 3.63) is 63.0 Å². The van der Waals surface area contributed by atoms with Crippen molar-refractivity contribution in [1.82, 2.24) is 0 Å². The minimum atomic E-state index is -0.418. The molecule has 0 saturated carbocycles. The Morgan fingerprint density at radius 3 is 2.41 bits per heavy atom. The Kier molecular flexibility index (Phi) is 6.12. The van der Waals surface area contributed by atoms with Crippen molar-refractivity contribution in [2.75, 3.05) is 24.7 Å². The van der Waals surface area contributed by atoms with Gasteiger partial charge >= 0.3 is 5.97 Å². The number of ether oxygens (including phenoxy) is 3. The van der Waals surface area contributed by atoms with Crippen LogP contribution in [0, 0.1) is 0 Å². The highest BCUT2D eigenvalue weighted by atomic mass is 32.1. The number of hydrogen-bond acceptors (Lipinski definition) is 7. The molecule has 0 atom stereocenters. The lowest BCUT2D eigenvalue weighted by atomic mass is 10.2. The normalized spacial score (nSPS) is 12.4. The molecule has 0 saturated heterocycles. The Labute approximate surface area is 176 Å². The van der Waals surface area contributed by atoms with Crippen molar-refractivity contribution >= 4 is 40.2 Å². The first-order valence-corrected chi connectivity index (χ1v) is 10.9. The van der Waals surface area contributed by atoms with Gasteiger partial charge in [0.05, 0.1) is 13.0 Å². The van der Waals surface area contributed by atoms with Crippen LogP contribution in [0.5, 0.6) is 11.5 Å². The largest absolute Gasteiger partial charge is 0.486 e. The molecule has 1 aliphatic heterocycles. The molecule has 29 heavy (non-hydrogen) atoms. The number of hydrogen-bond donors (Lipinski definition) is 0. The van der Waals surface area contributed by atoms with Crippen molar-refractivity contribution in [2.24, 2.45) is 0 Å². The van der Waals surface area contributed by atoms with Gasteiger partial charge in [0.15, 0.2) is 18.1 Å². The van der Waals surface area contributed by atoms with E-state index < -0.39 is 5.97 Å². The number of carbonyl (C=O) groups excluding carboxylic acids is 2. The minimum absolute atomic E-state index is 0.167. The van der Waals surface area contributed by atoms with Crippen LogP contribution in [0.1, 0.15) is 9.75 Å². The molecule has 6 nitrogen and oxygen atoms in total. The van der Waals surface area contributed by atoms with Gasteiger partial charge in [0.2, 0.25) is 0 Å². The molecule has 3 aromatic rings. The fraction of sp³-hybridized carbons (Fsp3) is 0.238. The summed E-state index contributed by atoms with van der Waals surface area (Å²) in [5.74, 6) is 0.548. The third-order valence-electron chi connectivity index (χ3n) is 4.29. The second-order valence-corrected chi connectivity index (χ2v) is 8.37. The average molecular weight is 430 g/mol. The van der Waals surface area contributed by atoms with Crippen LogP contribution in [-0.4, -0.2) is 31.7 Å². The van der Waals surface area contributed by atoms with Crippen molar-refractivity contribution in [1.29, 1.82) is 0 Å². The maximum atomic E-state index is 12.9. The topological polar surface area (TPSA) is 65.1 Å². The number of nitrogens with zero attached hydrogens (tertiary/aromatic N) is 1. The molecule has 0 fully saturated rings. The van der Waals surface area contributed by atoms with Gasteiger partial charge in [-0.2, -0.15) is 0 Å². The molecule has 0 unspecified atom stereocenters. The van der Waals surface area contributed by atoms with E-state index in [-0.39, 0.29) is 18.9 Å². The second-order valence-electron chi connectivity index (χ2n) is 6.30.